The SMILES string of the molecule is CCC(Nc1ccc(C)cc1)(C(=O)O)c1ccc(O)cc1. The number of phenols is 1. The zero-order valence-electron chi connectivity index (χ0n) is 12.1. The number of carbonyl (C=O) groups is 1. The Hall–Kier alpha value is -2.49. The van der Waals surface area contributed by atoms with Gasteiger partial charge in [-0.15, -0.1) is 0 Å². The fourth-order valence-corrected chi connectivity index (χ4v) is 2.32. The fourth-order valence-electron chi connectivity index (χ4n) is 2.32. The Balaban J connectivity index is 2.44. The number of anilines is 1. The summed E-state index contributed by atoms with van der Waals surface area (Å²) in [6, 6.07) is 13.9. The molecule has 21 heavy (non-hydrogen) atoms. The third kappa shape index (κ3) is 2.99. The van der Waals surface area contributed by atoms with Crippen molar-refractivity contribution >= 4 is 11.7 Å². The van der Waals surface area contributed by atoms with Crippen LogP contribution in [0.1, 0.15) is 24.5 Å². The van der Waals surface area contributed by atoms with Crippen molar-refractivity contribution in [3.05, 3.63) is 59.7 Å². The average molecular weight is 285 g/mol. The highest BCUT2D eigenvalue weighted by Crippen LogP contribution is 2.31. The minimum absolute atomic E-state index is 0.115. The first-order valence-corrected chi connectivity index (χ1v) is 6.85. The van der Waals surface area contributed by atoms with Crippen molar-refractivity contribution in [3.8, 4) is 5.75 Å². The third-order valence-corrected chi connectivity index (χ3v) is 3.66. The first-order chi connectivity index (χ1) is 9.98. The molecule has 0 aliphatic heterocycles. The summed E-state index contributed by atoms with van der Waals surface area (Å²) in [5.74, 6) is -0.833. The maximum absolute atomic E-state index is 11.9. The standard InChI is InChI=1S/C17H19NO3/c1-3-17(16(20)21,13-6-10-15(19)11-7-13)18-14-8-4-12(2)5-9-14/h4-11,18-19H,3H2,1-2H3,(H,20,21). The van der Waals surface area contributed by atoms with Crippen LogP contribution in [0, 0.1) is 6.92 Å². The van der Waals surface area contributed by atoms with Crippen LogP contribution in [-0.4, -0.2) is 16.2 Å². The molecule has 2 aromatic rings. The van der Waals surface area contributed by atoms with E-state index in [1.807, 2.05) is 38.1 Å². The van der Waals surface area contributed by atoms with Gasteiger partial charge in [-0.1, -0.05) is 36.8 Å². The largest absolute Gasteiger partial charge is 0.508 e. The second-order valence-electron chi connectivity index (χ2n) is 5.10. The molecule has 110 valence electrons. The smallest absolute Gasteiger partial charge is 0.334 e. The number of nitrogens with one attached hydrogen (secondary N) is 1. The van der Waals surface area contributed by atoms with Gasteiger partial charge in [0, 0.05) is 5.69 Å². The van der Waals surface area contributed by atoms with E-state index in [-0.39, 0.29) is 5.75 Å². The van der Waals surface area contributed by atoms with Crippen molar-refractivity contribution in [1.82, 2.24) is 0 Å². The molecule has 0 radical (unpaired) electrons. The third-order valence-electron chi connectivity index (χ3n) is 3.66. The molecule has 0 fully saturated rings. The Morgan fingerprint density at radius 2 is 1.67 bits per heavy atom. The lowest BCUT2D eigenvalue weighted by Crippen LogP contribution is -2.43. The molecule has 0 saturated carbocycles. The second-order valence-corrected chi connectivity index (χ2v) is 5.10. The van der Waals surface area contributed by atoms with Crippen LogP contribution in [0.3, 0.4) is 0 Å². The van der Waals surface area contributed by atoms with Gasteiger partial charge in [0.1, 0.15) is 5.75 Å². The van der Waals surface area contributed by atoms with Crippen LogP contribution in [0.4, 0.5) is 5.69 Å². The van der Waals surface area contributed by atoms with E-state index in [0.29, 0.717) is 12.0 Å². The number of carboxylic acid groups (broad SMARTS) is 1. The van der Waals surface area contributed by atoms with Gasteiger partial charge in [0.15, 0.2) is 5.54 Å². The predicted octanol–water partition coefficient (Wildman–Crippen LogP) is 3.50. The van der Waals surface area contributed by atoms with E-state index in [1.165, 1.54) is 12.1 Å². The summed E-state index contributed by atoms with van der Waals surface area (Å²) in [6.07, 6.45) is 0.376. The molecule has 0 spiro atoms. The topological polar surface area (TPSA) is 69.6 Å². The van der Waals surface area contributed by atoms with Gasteiger partial charge in [-0.25, -0.2) is 4.79 Å². The molecule has 0 saturated heterocycles. The Morgan fingerprint density at radius 1 is 1.10 bits per heavy atom. The van der Waals surface area contributed by atoms with Gasteiger partial charge < -0.3 is 15.5 Å². The molecule has 4 heteroatoms. The fraction of sp³-hybridized carbons (Fsp3) is 0.235. The lowest BCUT2D eigenvalue weighted by Gasteiger charge is -2.31. The Bertz CT molecular complexity index is 619. The summed E-state index contributed by atoms with van der Waals surface area (Å²) in [5.41, 5.74) is 1.25. The minimum Gasteiger partial charge on any atom is -0.508 e. The first kappa shape index (κ1) is 14.9. The highest BCUT2D eigenvalue weighted by atomic mass is 16.4. The van der Waals surface area contributed by atoms with Crippen LogP contribution in [0.15, 0.2) is 48.5 Å². The number of phenolic OH excluding ortho intramolecular Hbond substituents is 1. The molecular weight excluding hydrogens is 266 g/mol. The zero-order valence-corrected chi connectivity index (χ0v) is 12.1. The van der Waals surface area contributed by atoms with Gasteiger partial charge in [0.05, 0.1) is 0 Å². The highest BCUT2D eigenvalue weighted by molar-refractivity contribution is 5.84. The van der Waals surface area contributed by atoms with E-state index in [9.17, 15) is 15.0 Å². The van der Waals surface area contributed by atoms with Gasteiger partial charge in [-0.3, -0.25) is 0 Å². The van der Waals surface area contributed by atoms with Crippen molar-refractivity contribution in [2.45, 2.75) is 25.8 Å². The summed E-state index contributed by atoms with van der Waals surface area (Å²) >= 11 is 0. The normalized spacial score (nSPS) is 13.4. The predicted molar refractivity (Wildman–Crippen MR) is 82.5 cm³/mol. The summed E-state index contributed by atoms with van der Waals surface area (Å²) < 4.78 is 0. The molecule has 1 unspecified atom stereocenters. The lowest BCUT2D eigenvalue weighted by molar-refractivity contribution is -0.142. The van der Waals surface area contributed by atoms with Gasteiger partial charge in [-0.2, -0.15) is 0 Å². The summed E-state index contributed by atoms with van der Waals surface area (Å²) in [7, 11) is 0. The van der Waals surface area contributed by atoms with Gasteiger partial charge >= 0.3 is 5.97 Å². The van der Waals surface area contributed by atoms with Gasteiger partial charge in [0.2, 0.25) is 0 Å². The molecule has 0 heterocycles. The number of rotatable bonds is 5. The first-order valence-electron chi connectivity index (χ1n) is 6.85. The molecular formula is C17H19NO3. The minimum atomic E-state index is -1.22. The monoisotopic (exact) mass is 285 g/mol. The summed E-state index contributed by atoms with van der Waals surface area (Å²) in [6.45, 7) is 3.80. The average Bonchev–Trinajstić information content (AvgIpc) is 2.47. The van der Waals surface area contributed by atoms with Crippen molar-refractivity contribution in [2.75, 3.05) is 5.32 Å². The van der Waals surface area contributed by atoms with E-state index in [2.05, 4.69) is 5.32 Å². The van der Waals surface area contributed by atoms with Crippen LogP contribution in [0.2, 0.25) is 0 Å². The molecule has 2 rings (SSSR count). The number of aryl methyl sites for hydroxylation is 1. The zero-order chi connectivity index (χ0) is 15.5. The van der Waals surface area contributed by atoms with Crippen LogP contribution in [-0.2, 0) is 10.3 Å². The van der Waals surface area contributed by atoms with Crippen LogP contribution >= 0.6 is 0 Å². The number of hydrogen-bond acceptors (Lipinski definition) is 3. The number of hydrogen-bond donors (Lipinski definition) is 3. The van der Waals surface area contributed by atoms with Crippen molar-refractivity contribution < 1.29 is 15.0 Å². The number of benzene rings is 2. The molecule has 0 aliphatic carbocycles. The van der Waals surface area contributed by atoms with Crippen LogP contribution in [0.5, 0.6) is 5.75 Å². The molecule has 1 atom stereocenters. The van der Waals surface area contributed by atoms with Crippen molar-refractivity contribution in [3.63, 3.8) is 0 Å². The Labute approximate surface area is 124 Å². The summed E-state index contributed by atoms with van der Waals surface area (Å²) in [4.78, 5) is 11.9. The van der Waals surface area contributed by atoms with Crippen LogP contribution < -0.4 is 5.32 Å². The molecule has 0 aromatic heterocycles. The van der Waals surface area contributed by atoms with E-state index in [0.717, 1.165) is 11.3 Å². The van der Waals surface area contributed by atoms with E-state index < -0.39 is 11.5 Å². The molecule has 0 amide bonds. The summed E-state index contributed by atoms with van der Waals surface area (Å²) in [5, 5.41) is 22.2. The molecule has 2 aromatic carbocycles. The van der Waals surface area contributed by atoms with E-state index in [4.69, 9.17) is 0 Å². The number of aromatic hydroxyl groups is 1. The second kappa shape index (κ2) is 5.87. The Kier molecular flexibility index (Phi) is 4.17. The number of carboxylic acids is 1. The molecule has 0 bridgehead atoms. The van der Waals surface area contributed by atoms with Crippen molar-refractivity contribution in [1.29, 1.82) is 0 Å². The van der Waals surface area contributed by atoms with Gasteiger partial charge in [-0.05, 0) is 43.2 Å². The highest BCUT2D eigenvalue weighted by Gasteiger charge is 2.38. The quantitative estimate of drug-likeness (QED) is 0.786. The maximum Gasteiger partial charge on any atom is 0.334 e. The number of aliphatic carboxylic acids is 1. The lowest BCUT2D eigenvalue weighted by atomic mass is 9.86. The molecule has 0 aliphatic rings. The molecule has 4 nitrogen and oxygen atoms in total. The molecule has 3 N–H and O–H groups in total. The van der Waals surface area contributed by atoms with Crippen LogP contribution in [0.25, 0.3) is 0 Å². The maximum atomic E-state index is 11.9. The van der Waals surface area contributed by atoms with Gasteiger partial charge in [0.25, 0.3) is 0 Å². The Morgan fingerprint density at radius 3 is 2.14 bits per heavy atom. The van der Waals surface area contributed by atoms with Crippen molar-refractivity contribution in [2.24, 2.45) is 0 Å². The van der Waals surface area contributed by atoms with E-state index in [1.54, 1.807) is 12.1 Å². The van der Waals surface area contributed by atoms with E-state index >= 15 is 0 Å².